The van der Waals surface area contributed by atoms with Crippen molar-refractivity contribution in [1.29, 1.82) is 0 Å². The number of benzene rings is 1. The summed E-state index contributed by atoms with van der Waals surface area (Å²) >= 11 is 0. The van der Waals surface area contributed by atoms with Crippen molar-refractivity contribution in [3.05, 3.63) is 33.9 Å². The fraction of sp³-hybridized carbons (Fsp3) is 0.222. The summed E-state index contributed by atoms with van der Waals surface area (Å²) in [4.78, 5) is 21.0. The van der Waals surface area contributed by atoms with Crippen LogP contribution in [0.15, 0.2) is 18.2 Å². The van der Waals surface area contributed by atoms with E-state index in [4.69, 9.17) is 4.74 Å². The Hall–Kier alpha value is -2.11. The topological polar surface area (TPSA) is 81.5 Å². The van der Waals surface area contributed by atoms with Crippen LogP contribution in [0.4, 0.5) is 16.2 Å². The third-order valence-electron chi connectivity index (χ3n) is 2.20. The fourth-order valence-electron chi connectivity index (χ4n) is 1.48. The van der Waals surface area contributed by atoms with E-state index in [0.29, 0.717) is 11.3 Å². The first-order valence-electron chi connectivity index (χ1n) is 4.34. The second-order valence-corrected chi connectivity index (χ2v) is 3.20. The van der Waals surface area contributed by atoms with Crippen LogP contribution in [0.25, 0.3) is 0 Å². The molecule has 0 bridgehead atoms. The molecule has 15 heavy (non-hydrogen) atoms. The van der Waals surface area contributed by atoms with Crippen molar-refractivity contribution in [2.75, 3.05) is 5.32 Å². The number of hydrogen-bond acceptors (Lipinski definition) is 4. The van der Waals surface area contributed by atoms with Crippen LogP contribution in [0.5, 0.6) is 0 Å². The molecule has 1 amide bonds. The fourth-order valence-corrected chi connectivity index (χ4v) is 1.48. The molecule has 1 unspecified atom stereocenters. The van der Waals surface area contributed by atoms with Gasteiger partial charge in [-0.15, -0.1) is 0 Å². The summed E-state index contributed by atoms with van der Waals surface area (Å²) in [5.74, 6) is 0. The first-order valence-corrected chi connectivity index (χ1v) is 4.34. The molecule has 1 atom stereocenters. The molecular formula is C9H8N2O4. The quantitative estimate of drug-likeness (QED) is 0.566. The molecule has 1 N–H and O–H groups in total. The minimum absolute atomic E-state index is 0.0136. The zero-order chi connectivity index (χ0) is 11.0. The number of cyclic esters (lactones) is 1. The van der Waals surface area contributed by atoms with E-state index in [1.54, 1.807) is 6.92 Å². The van der Waals surface area contributed by atoms with Crippen LogP contribution in [0.3, 0.4) is 0 Å². The first kappa shape index (κ1) is 9.45. The second-order valence-electron chi connectivity index (χ2n) is 3.20. The van der Waals surface area contributed by atoms with Crippen LogP contribution in [0, 0.1) is 10.1 Å². The number of nitrogens with zero attached hydrogens (tertiary/aromatic N) is 1. The van der Waals surface area contributed by atoms with Gasteiger partial charge in [0.25, 0.3) is 5.69 Å². The Morgan fingerprint density at radius 3 is 2.93 bits per heavy atom. The maximum atomic E-state index is 11.0. The Morgan fingerprint density at radius 2 is 2.27 bits per heavy atom. The number of ether oxygens (including phenoxy) is 1. The summed E-state index contributed by atoms with van der Waals surface area (Å²) in [7, 11) is 0. The summed E-state index contributed by atoms with van der Waals surface area (Å²) in [5, 5.41) is 13.0. The Balaban J connectivity index is 2.48. The van der Waals surface area contributed by atoms with Gasteiger partial charge in [0, 0.05) is 17.7 Å². The lowest BCUT2D eigenvalue weighted by Gasteiger charge is -2.22. The van der Waals surface area contributed by atoms with Crippen molar-refractivity contribution in [2.24, 2.45) is 0 Å². The van der Waals surface area contributed by atoms with Crippen LogP contribution in [0.1, 0.15) is 18.6 Å². The number of amides is 1. The number of carbonyl (C=O) groups excluding carboxylic acids is 1. The molecule has 78 valence electrons. The van der Waals surface area contributed by atoms with Gasteiger partial charge in [0.05, 0.1) is 10.6 Å². The highest BCUT2D eigenvalue weighted by atomic mass is 16.6. The van der Waals surface area contributed by atoms with Gasteiger partial charge in [0.2, 0.25) is 0 Å². The standard InChI is InChI=1S/C9H8N2O4/c1-5-7-4-6(11(13)14)2-3-8(7)10-9(12)15-5/h2-5H,1H3,(H,10,12). The number of carbonyl (C=O) groups is 1. The van der Waals surface area contributed by atoms with Gasteiger partial charge >= 0.3 is 6.09 Å². The zero-order valence-electron chi connectivity index (χ0n) is 7.89. The highest BCUT2D eigenvalue weighted by molar-refractivity contribution is 5.88. The zero-order valence-corrected chi connectivity index (χ0v) is 7.89. The van der Waals surface area contributed by atoms with Crippen molar-refractivity contribution in [3.8, 4) is 0 Å². The number of anilines is 1. The molecule has 1 aromatic rings. The number of nitro benzene ring substituents is 1. The largest absolute Gasteiger partial charge is 0.441 e. The Morgan fingerprint density at radius 1 is 1.53 bits per heavy atom. The molecule has 1 aliphatic rings. The summed E-state index contributed by atoms with van der Waals surface area (Å²) in [6.45, 7) is 1.67. The molecule has 0 radical (unpaired) electrons. The molecule has 2 rings (SSSR count). The van der Waals surface area contributed by atoms with E-state index in [1.807, 2.05) is 0 Å². The molecule has 1 heterocycles. The Bertz CT molecular complexity index is 444. The van der Waals surface area contributed by atoms with Crippen molar-refractivity contribution < 1.29 is 14.5 Å². The lowest BCUT2D eigenvalue weighted by atomic mass is 10.1. The van der Waals surface area contributed by atoms with Crippen LogP contribution >= 0.6 is 0 Å². The lowest BCUT2D eigenvalue weighted by molar-refractivity contribution is -0.385. The molecule has 0 aromatic heterocycles. The molecule has 0 fully saturated rings. The van der Waals surface area contributed by atoms with E-state index in [2.05, 4.69) is 5.32 Å². The third kappa shape index (κ3) is 1.61. The van der Waals surface area contributed by atoms with Crippen molar-refractivity contribution >= 4 is 17.5 Å². The Labute approximate surface area is 85.0 Å². The summed E-state index contributed by atoms with van der Waals surface area (Å²) in [6, 6.07) is 4.25. The van der Waals surface area contributed by atoms with E-state index in [-0.39, 0.29) is 5.69 Å². The average molecular weight is 208 g/mol. The molecule has 1 aromatic carbocycles. The third-order valence-corrected chi connectivity index (χ3v) is 2.20. The summed E-state index contributed by atoms with van der Waals surface area (Å²) in [6.07, 6.45) is -1.00. The number of fused-ring (bicyclic) bond motifs is 1. The van der Waals surface area contributed by atoms with Crippen LogP contribution in [-0.4, -0.2) is 11.0 Å². The van der Waals surface area contributed by atoms with E-state index >= 15 is 0 Å². The normalized spacial score (nSPS) is 18.7. The summed E-state index contributed by atoms with van der Waals surface area (Å²) in [5.41, 5.74) is 1.16. The first-order chi connectivity index (χ1) is 7.08. The second kappa shape index (κ2) is 3.23. The predicted molar refractivity (Wildman–Crippen MR) is 51.6 cm³/mol. The smallest absolute Gasteiger partial charge is 0.412 e. The van der Waals surface area contributed by atoms with Gasteiger partial charge in [0.1, 0.15) is 6.10 Å². The highest BCUT2D eigenvalue weighted by Gasteiger charge is 2.24. The predicted octanol–water partition coefficient (Wildman–Crippen LogP) is 2.22. The monoisotopic (exact) mass is 208 g/mol. The van der Waals surface area contributed by atoms with Gasteiger partial charge in [-0.05, 0) is 13.0 Å². The number of rotatable bonds is 1. The molecule has 0 spiro atoms. The van der Waals surface area contributed by atoms with E-state index in [0.717, 1.165) is 0 Å². The van der Waals surface area contributed by atoms with Gasteiger partial charge in [-0.3, -0.25) is 15.4 Å². The maximum absolute atomic E-state index is 11.0. The van der Waals surface area contributed by atoms with Crippen molar-refractivity contribution in [3.63, 3.8) is 0 Å². The number of nitro groups is 1. The lowest BCUT2D eigenvalue weighted by Crippen LogP contribution is -2.23. The molecular weight excluding hydrogens is 200 g/mol. The number of hydrogen-bond donors (Lipinski definition) is 1. The van der Waals surface area contributed by atoms with Gasteiger partial charge < -0.3 is 4.74 Å². The molecule has 6 nitrogen and oxygen atoms in total. The van der Waals surface area contributed by atoms with Gasteiger partial charge in [-0.1, -0.05) is 0 Å². The molecule has 0 saturated carbocycles. The van der Waals surface area contributed by atoms with E-state index in [9.17, 15) is 14.9 Å². The van der Waals surface area contributed by atoms with Crippen molar-refractivity contribution in [2.45, 2.75) is 13.0 Å². The SMILES string of the molecule is CC1OC(=O)Nc2ccc([N+](=O)[O-])cc21. The highest BCUT2D eigenvalue weighted by Crippen LogP contribution is 2.32. The minimum atomic E-state index is -0.538. The molecule has 1 aliphatic heterocycles. The minimum Gasteiger partial charge on any atom is -0.441 e. The van der Waals surface area contributed by atoms with Gasteiger partial charge in [0.15, 0.2) is 0 Å². The van der Waals surface area contributed by atoms with Crippen LogP contribution < -0.4 is 5.32 Å². The van der Waals surface area contributed by atoms with Gasteiger partial charge in [-0.2, -0.15) is 0 Å². The average Bonchev–Trinajstić information content (AvgIpc) is 2.16. The molecule has 0 aliphatic carbocycles. The maximum Gasteiger partial charge on any atom is 0.412 e. The van der Waals surface area contributed by atoms with Crippen LogP contribution in [-0.2, 0) is 4.74 Å². The van der Waals surface area contributed by atoms with Gasteiger partial charge in [-0.25, -0.2) is 4.79 Å². The van der Waals surface area contributed by atoms with Crippen molar-refractivity contribution in [1.82, 2.24) is 0 Å². The number of non-ortho nitro benzene ring substituents is 1. The molecule has 0 saturated heterocycles. The molecule has 6 heteroatoms. The number of nitrogens with one attached hydrogen (secondary N) is 1. The Kier molecular flexibility index (Phi) is 2.03. The van der Waals surface area contributed by atoms with Crippen LogP contribution in [0.2, 0.25) is 0 Å². The summed E-state index contributed by atoms with van der Waals surface area (Å²) < 4.78 is 4.87. The van der Waals surface area contributed by atoms with E-state index in [1.165, 1.54) is 18.2 Å². The van der Waals surface area contributed by atoms with E-state index < -0.39 is 17.1 Å².